The first-order chi connectivity index (χ1) is 8.65. The Morgan fingerprint density at radius 3 is 2.83 bits per heavy atom. The fourth-order valence-electron chi connectivity index (χ4n) is 2.50. The van der Waals surface area contributed by atoms with Crippen molar-refractivity contribution in [3.05, 3.63) is 23.8 Å². The number of hydrogen-bond acceptors (Lipinski definition) is 4. The van der Waals surface area contributed by atoms with Gasteiger partial charge in [-0.25, -0.2) is 0 Å². The van der Waals surface area contributed by atoms with Gasteiger partial charge in [0, 0.05) is 36.1 Å². The van der Waals surface area contributed by atoms with Gasteiger partial charge in [0.05, 0.1) is 7.11 Å². The largest absolute Gasteiger partial charge is 0.496 e. The van der Waals surface area contributed by atoms with Gasteiger partial charge in [-0.15, -0.1) is 0 Å². The highest BCUT2D eigenvalue weighted by Gasteiger charge is 2.24. The smallest absolute Gasteiger partial charge is 0.125 e. The summed E-state index contributed by atoms with van der Waals surface area (Å²) in [6.07, 6.45) is 1.25. The Morgan fingerprint density at radius 1 is 1.50 bits per heavy atom. The maximum atomic E-state index is 6.12. The van der Waals surface area contributed by atoms with E-state index in [0.29, 0.717) is 6.04 Å². The van der Waals surface area contributed by atoms with E-state index in [9.17, 15) is 0 Å². The maximum Gasteiger partial charge on any atom is 0.125 e. The highest BCUT2D eigenvalue weighted by Crippen LogP contribution is 2.35. The molecule has 1 saturated heterocycles. The van der Waals surface area contributed by atoms with Crippen LogP contribution in [0.1, 0.15) is 24.9 Å². The summed E-state index contributed by atoms with van der Waals surface area (Å²) in [6.45, 7) is 2.01. The van der Waals surface area contributed by atoms with Gasteiger partial charge in [-0.2, -0.15) is 11.8 Å². The van der Waals surface area contributed by atoms with Crippen molar-refractivity contribution in [2.45, 2.75) is 25.4 Å². The average Bonchev–Trinajstić information content (AvgIpc) is 2.90. The number of benzene rings is 1. The molecule has 100 valence electrons. The molecule has 1 aromatic rings. The van der Waals surface area contributed by atoms with Crippen LogP contribution in [0.4, 0.5) is 5.69 Å². The molecule has 3 nitrogen and oxygen atoms in total. The lowest BCUT2D eigenvalue weighted by Gasteiger charge is -2.30. The summed E-state index contributed by atoms with van der Waals surface area (Å²) in [5.41, 5.74) is 8.43. The lowest BCUT2D eigenvalue weighted by atomic mass is 10.0. The molecule has 0 radical (unpaired) electrons. The van der Waals surface area contributed by atoms with E-state index in [1.54, 1.807) is 7.11 Å². The summed E-state index contributed by atoms with van der Waals surface area (Å²) in [6, 6.07) is 6.76. The Kier molecular flexibility index (Phi) is 4.40. The molecule has 2 unspecified atom stereocenters. The third-order valence-electron chi connectivity index (χ3n) is 3.55. The Bertz CT molecular complexity index is 403. The normalized spacial score (nSPS) is 20.8. The average molecular weight is 266 g/mol. The summed E-state index contributed by atoms with van der Waals surface area (Å²) in [5.74, 6) is 3.35. The minimum absolute atomic E-state index is 0.0207. The number of thioether (sulfide) groups is 1. The predicted octanol–water partition coefficient (Wildman–Crippen LogP) is 2.66. The van der Waals surface area contributed by atoms with Crippen LogP contribution in [0.15, 0.2) is 18.2 Å². The second-order valence-corrected chi connectivity index (χ2v) is 5.96. The van der Waals surface area contributed by atoms with Gasteiger partial charge in [-0.3, -0.25) is 0 Å². The van der Waals surface area contributed by atoms with Gasteiger partial charge in [0.1, 0.15) is 5.75 Å². The molecule has 18 heavy (non-hydrogen) atoms. The first-order valence-electron chi connectivity index (χ1n) is 6.38. The molecular formula is C14H22N2OS. The Hall–Kier alpha value is -0.870. The van der Waals surface area contributed by atoms with Crippen LogP contribution in [0, 0.1) is 0 Å². The fourth-order valence-corrected chi connectivity index (χ4v) is 3.77. The van der Waals surface area contributed by atoms with Crippen LogP contribution in [0.5, 0.6) is 5.75 Å². The van der Waals surface area contributed by atoms with E-state index in [1.807, 2.05) is 30.8 Å². The Balaban J connectivity index is 2.36. The van der Waals surface area contributed by atoms with Gasteiger partial charge < -0.3 is 15.4 Å². The fraction of sp³-hybridized carbons (Fsp3) is 0.571. The number of ether oxygens (including phenoxy) is 1. The quantitative estimate of drug-likeness (QED) is 0.909. The molecule has 4 heteroatoms. The molecule has 1 aliphatic heterocycles. The first-order valence-corrected chi connectivity index (χ1v) is 7.53. The van der Waals surface area contributed by atoms with Crippen molar-refractivity contribution < 1.29 is 4.74 Å². The van der Waals surface area contributed by atoms with E-state index in [4.69, 9.17) is 10.5 Å². The van der Waals surface area contributed by atoms with Crippen molar-refractivity contribution in [2.24, 2.45) is 5.73 Å². The molecule has 1 aliphatic rings. The van der Waals surface area contributed by atoms with Crippen LogP contribution in [0.25, 0.3) is 0 Å². The molecule has 1 aromatic carbocycles. The predicted molar refractivity (Wildman–Crippen MR) is 79.7 cm³/mol. The number of nitrogens with zero attached hydrogens (tertiary/aromatic N) is 1. The molecule has 2 rings (SSSR count). The van der Waals surface area contributed by atoms with Crippen molar-refractivity contribution in [1.82, 2.24) is 0 Å². The van der Waals surface area contributed by atoms with Crippen LogP contribution >= 0.6 is 11.8 Å². The molecule has 1 heterocycles. The third kappa shape index (κ3) is 2.59. The van der Waals surface area contributed by atoms with Crippen molar-refractivity contribution in [3.8, 4) is 5.75 Å². The summed E-state index contributed by atoms with van der Waals surface area (Å²) < 4.78 is 5.45. The Morgan fingerprint density at radius 2 is 2.28 bits per heavy atom. The van der Waals surface area contributed by atoms with Gasteiger partial charge in [-0.1, -0.05) is 6.07 Å². The van der Waals surface area contributed by atoms with Crippen LogP contribution in [0.3, 0.4) is 0 Å². The summed E-state index contributed by atoms with van der Waals surface area (Å²) >= 11 is 2.03. The molecule has 1 fully saturated rings. The van der Waals surface area contributed by atoms with Crippen LogP contribution < -0.4 is 15.4 Å². The van der Waals surface area contributed by atoms with Gasteiger partial charge in [0.25, 0.3) is 0 Å². The number of anilines is 1. The summed E-state index contributed by atoms with van der Waals surface area (Å²) in [7, 11) is 3.87. The standard InChI is InChI=1S/C14H22N2OS/c1-10(15)14-12(5-4-6-13(14)17-3)16(2)11-7-8-18-9-11/h4-6,10-11H,7-9,15H2,1-3H3. The van der Waals surface area contributed by atoms with E-state index in [0.717, 1.165) is 11.3 Å². The second-order valence-electron chi connectivity index (χ2n) is 4.81. The van der Waals surface area contributed by atoms with Crippen LogP contribution in [0.2, 0.25) is 0 Å². The molecule has 0 amide bonds. The van der Waals surface area contributed by atoms with E-state index >= 15 is 0 Å². The zero-order valence-corrected chi connectivity index (χ0v) is 12.2. The molecule has 2 N–H and O–H groups in total. The summed E-state index contributed by atoms with van der Waals surface area (Å²) in [4.78, 5) is 2.36. The van der Waals surface area contributed by atoms with E-state index in [-0.39, 0.29) is 6.04 Å². The molecule has 0 saturated carbocycles. The minimum atomic E-state index is -0.0207. The molecule has 0 bridgehead atoms. The maximum absolute atomic E-state index is 6.12. The van der Waals surface area contributed by atoms with Gasteiger partial charge >= 0.3 is 0 Å². The van der Waals surface area contributed by atoms with Gasteiger partial charge in [0.2, 0.25) is 0 Å². The van der Waals surface area contributed by atoms with Gasteiger partial charge in [0.15, 0.2) is 0 Å². The molecule has 0 aromatic heterocycles. The number of hydrogen-bond donors (Lipinski definition) is 1. The zero-order valence-electron chi connectivity index (χ0n) is 11.3. The van der Waals surface area contributed by atoms with Crippen LogP contribution in [-0.4, -0.2) is 31.7 Å². The summed E-state index contributed by atoms with van der Waals surface area (Å²) in [5, 5.41) is 0. The molecule has 2 atom stereocenters. The lowest BCUT2D eigenvalue weighted by molar-refractivity contribution is 0.407. The minimum Gasteiger partial charge on any atom is -0.496 e. The lowest BCUT2D eigenvalue weighted by Crippen LogP contribution is -2.32. The van der Waals surface area contributed by atoms with Gasteiger partial charge in [-0.05, 0) is 31.2 Å². The SMILES string of the molecule is COc1cccc(N(C)C2CCSC2)c1C(C)N. The van der Waals surface area contributed by atoms with E-state index in [2.05, 4.69) is 18.0 Å². The zero-order chi connectivity index (χ0) is 13.1. The van der Waals surface area contributed by atoms with E-state index < -0.39 is 0 Å². The molecule has 0 spiro atoms. The Labute approximate surface area is 114 Å². The monoisotopic (exact) mass is 266 g/mol. The van der Waals surface area contributed by atoms with Crippen LogP contribution in [-0.2, 0) is 0 Å². The highest BCUT2D eigenvalue weighted by molar-refractivity contribution is 7.99. The highest BCUT2D eigenvalue weighted by atomic mass is 32.2. The van der Waals surface area contributed by atoms with Crippen molar-refractivity contribution in [3.63, 3.8) is 0 Å². The number of nitrogens with two attached hydrogens (primary N) is 1. The topological polar surface area (TPSA) is 38.5 Å². The molecule has 0 aliphatic carbocycles. The van der Waals surface area contributed by atoms with Crippen molar-refractivity contribution >= 4 is 17.4 Å². The number of rotatable bonds is 4. The molecular weight excluding hydrogens is 244 g/mol. The first kappa shape index (κ1) is 13.6. The second kappa shape index (κ2) is 5.85. The van der Waals surface area contributed by atoms with Crippen molar-refractivity contribution in [1.29, 1.82) is 0 Å². The van der Waals surface area contributed by atoms with E-state index in [1.165, 1.54) is 23.6 Å². The third-order valence-corrected chi connectivity index (χ3v) is 4.70. The van der Waals surface area contributed by atoms with Crippen molar-refractivity contribution in [2.75, 3.05) is 30.6 Å². The number of methoxy groups -OCH3 is 1.